The molecule has 17 heavy (non-hydrogen) atoms. The fraction of sp³-hybridized carbons (Fsp3) is 0.818. The molecular formula is C11H20N2O4. The van der Waals surface area contributed by atoms with Gasteiger partial charge in [-0.3, -0.25) is 4.79 Å². The molecule has 0 radical (unpaired) electrons. The van der Waals surface area contributed by atoms with Gasteiger partial charge in [-0.05, 0) is 12.8 Å². The Bertz CT molecular complexity index is 283. The highest BCUT2D eigenvalue weighted by atomic mass is 16.5. The Balaban J connectivity index is 2.48. The van der Waals surface area contributed by atoms with Crippen LogP contribution in [0.4, 0.5) is 4.79 Å². The lowest BCUT2D eigenvalue weighted by Crippen LogP contribution is -2.50. The molecule has 2 amide bonds. The molecule has 0 unspecified atom stereocenters. The number of carbonyl (C=O) groups is 2. The number of likely N-dealkylation sites (tertiary alicyclic amines) is 1. The highest BCUT2D eigenvalue weighted by Crippen LogP contribution is 2.13. The fourth-order valence-corrected chi connectivity index (χ4v) is 2.10. The van der Waals surface area contributed by atoms with Crippen molar-refractivity contribution >= 4 is 12.0 Å². The highest BCUT2D eigenvalue weighted by molar-refractivity contribution is 5.78. The van der Waals surface area contributed by atoms with E-state index in [2.05, 4.69) is 5.32 Å². The summed E-state index contributed by atoms with van der Waals surface area (Å²) in [6.45, 7) is 3.37. The van der Waals surface area contributed by atoms with Crippen LogP contribution in [-0.4, -0.2) is 54.9 Å². The van der Waals surface area contributed by atoms with Gasteiger partial charge in [-0.1, -0.05) is 6.92 Å². The van der Waals surface area contributed by atoms with E-state index >= 15 is 0 Å². The molecule has 1 rings (SSSR count). The molecule has 0 saturated carbocycles. The zero-order valence-electron chi connectivity index (χ0n) is 10.3. The lowest BCUT2D eigenvalue weighted by molar-refractivity contribution is -0.137. The van der Waals surface area contributed by atoms with E-state index in [1.54, 1.807) is 12.0 Å². The number of piperidine rings is 1. The van der Waals surface area contributed by atoms with E-state index in [1.807, 2.05) is 6.92 Å². The van der Waals surface area contributed by atoms with Gasteiger partial charge in [0.15, 0.2) is 0 Å². The van der Waals surface area contributed by atoms with Gasteiger partial charge in [-0.25, -0.2) is 4.79 Å². The van der Waals surface area contributed by atoms with Crippen LogP contribution in [0.15, 0.2) is 0 Å². The third-order valence-corrected chi connectivity index (χ3v) is 2.90. The number of hydrogen-bond acceptors (Lipinski definition) is 3. The molecule has 1 aliphatic rings. The van der Waals surface area contributed by atoms with Crippen molar-refractivity contribution in [3.8, 4) is 0 Å². The quantitative estimate of drug-likeness (QED) is 0.756. The summed E-state index contributed by atoms with van der Waals surface area (Å²) in [4.78, 5) is 24.3. The number of carbonyl (C=O) groups excluding carboxylic acids is 1. The predicted octanol–water partition coefficient (Wildman–Crippen LogP) is 0.528. The highest BCUT2D eigenvalue weighted by Gasteiger charge is 2.27. The Morgan fingerprint density at radius 1 is 1.59 bits per heavy atom. The zero-order chi connectivity index (χ0) is 12.8. The van der Waals surface area contributed by atoms with Crippen LogP contribution in [0.25, 0.3) is 0 Å². The van der Waals surface area contributed by atoms with Crippen molar-refractivity contribution in [1.29, 1.82) is 0 Å². The first-order valence-corrected chi connectivity index (χ1v) is 5.81. The largest absolute Gasteiger partial charge is 0.465 e. The van der Waals surface area contributed by atoms with Crippen LogP contribution in [0.1, 0.15) is 19.8 Å². The van der Waals surface area contributed by atoms with E-state index in [4.69, 9.17) is 9.84 Å². The summed E-state index contributed by atoms with van der Waals surface area (Å²) in [6.07, 6.45) is 0.583. The van der Waals surface area contributed by atoms with Crippen molar-refractivity contribution in [3.05, 3.63) is 0 Å². The van der Waals surface area contributed by atoms with Gasteiger partial charge in [-0.2, -0.15) is 0 Å². The number of methoxy groups -OCH3 is 1. The predicted molar refractivity (Wildman–Crippen MR) is 61.8 cm³/mol. The van der Waals surface area contributed by atoms with E-state index in [1.165, 1.54) is 0 Å². The van der Waals surface area contributed by atoms with Crippen LogP contribution < -0.4 is 5.32 Å². The van der Waals surface area contributed by atoms with Crippen LogP contribution in [0.2, 0.25) is 0 Å². The van der Waals surface area contributed by atoms with Crippen LogP contribution in [0, 0.1) is 5.92 Å². The molecule has 2 N–H and O–H groups in total. The monoisotopic (exact) mass is 244 g/mol. The zero-order valence-corrected chi connectivity index (χ0v) is 10.3. The Labute approximate surface area is 101 Å². The Morgan fingerprint density at radius 3 is 2.88 bits per heavy atom. The number of rotatable bonds is 4. The number of nitrogens with zero attached hydrogens (tertiary/aromatic N) is 1. The molecule has 1 aliphatic heterocycles. The Kier molecular flexibility index (Phi) is 5.21. The van der Waals surface area contributed by atoms with Crippen molar-refractivity contribution in [1.82, 2.24) is 10.2 Å². The summed E-state index contributed by atoms with van der Waals surface area (Å²) < 4.78 is 4.95. The molecule has 0 spiro atoms. The summed E-state index contributed by atoms with van der Waals surface area (Å²) in [6, 6.07) is -0.153. The van der Waals surface area contributed by atoms with Gasteiger partial charge in [0.2, 0.25) is 5.91 Å². The van der Waals surface area contributed by atoms with Crippen LogP contribution in [0.5, 0.6) is 0 Å². The molecule has 1 fully saturated rings. The second-order valence-electron chi connectivity index (χ2n) is 4.43. The number of amides is 2. The van der Waals surface area contributed by atoms with Gasteiger partial charge < -0.3 is 20.1 Å². The Morgan fingerprint density at radius 2 is 2.29 bits per heavy atom. The van der Waals surface area contributed by atoms with Gasteiger partial charge in [0.1, 0.15) is 0 Å². The van der Waals surface area contributed by atoms with Crippen molar-refractivity contribution in [3.63, 3.8) is 0 Å². The van der Waals surface area contributed by atoms with Crippen molar-refractivity contribution in [2.24, 2.45) is 5.92 Å². The molecule has 1 saturated heterocycles. The number of carboxylic acid groups (broad SMARTS) is 1. The van der Waals surface area contributed by atoms with Gasteiger partial charge in [-0.15, -0.1) is 0 Å². The van der Waals surface area contributed by atoms with E-state index in [-0.39, 0.29) is 17.9 Å². The maximum atomic E-state index is 12.0. The maximum Gasteiger partial charge on any atom is 0.404 e. The molecular weight excluding hydrogens is 224 g/mol. The topological polar surface area (TPSA) is 78.9 Å². The summed E-state index contributed by atoms with van der Waals surface area (Å²) >= 11 is 0. The SMILES string of the molecule is COC[C@@H](C)C(=O)N1CCC[C@@H](NC(=O)O)C1. The summed E-state index contributed by atoms with van der Waals surface area (Å²) in [5, 5.41) is 11.1. The molecule has 2 atom stereocenters. The third-order valence-electron chi connectivity index (χ3n) is 2.90. The summed E-state index contributed by atoms with van der Waals surface area (Å²) in [5.74, 6) is -0.146. The summed E-state index contributed by atoms with van der Waals surface area (Å²) in [5.41, 5.74) is 0. The van der Waals surface area contributed by atoms with Gasteiger partial charge in [0, 0.05) is 26.2 Å². The van der Waals surface area contributed by atoms with Gasteiger partial charge >= 0.3 is 6.09 Å². The Hall–Kier alpha value is -1.30. The second kappa shape index (κ2) is 6.44. The van der Waals surface area contributed by atoms with Crippen LogP contribution in [0.3, 0.4) is 0 Å². The van der Waals surface area contributed by atoms with E-state index in [9.17, 15) is 9.59 Å². The third kappa shape index (κ3) is 4.22. The van der Waals surface area contributed by atoms with Gasteiger partial charge in [0.05, 0.1) is 12.5 Å². The lowest BCUT2D eigenvalue weighted by Gasteiger charge is -2.34. The molecule has 98 valence electrons. The molecule has 6 heteroatoms. The molecule has 0 bridgehead atoms. The van der Waals surface area contributed by atoms with Crippen molar-refractivity contribution in [2.75, 3.05) is 26.8 Å². The average Bonchev–Trinajstić information content (AvgIpc) is 2.28. The van der Waals surface area contributed by atoms with Crippen molar-refractivity contribution < 1.29 is 19.4 Å². The molecule has 0 aromatic heterocycles. The first kappa shape index (κ1) is 13.8. The maximum absolute atomic E-state index is 12.0. The minimum Gasteiger partial charge on any atom is -0.465 e. The molecule has 0 aromatic carbocycles. The lowest BCUT2D eigenvalue weighted by atomic mass is 10.0. The standard InChI is InChI=1S/C11H20N2O4/c1-8(7-17-2)10(14)13-5-3-4-9(6-13)12-11(15)16/h8-9,12H,3-7H2,1-2H3,(H,15,16)/t8-,9-/m1/s1. The summed E-state index contributed by atoms with van der Waals surface area (Å²) in [7, 11) is 1.56. The first-order chi connectivity index (χ1) is 8.04. The second-order valence-corrected chi connectivity index (χ2v) is 4.43. The van der Waals surface area contributed by atoms with E-state index in [0.29, 0.717) is 19.7 Å². The molecule has 0 aromatic rings. The molecule has 0 aliphatic carbocycles. The average molecular weight is 244 g/mol. The van der Waals surface area contributed by atoms with Gasteiger partial charge in [0.25, 0.3) is 0 Å². The number of hydrogen-bond donors (Lipinski definition) is 2. The van der Waals surface area contributed by atoms with Crippen LogP contribution in [-0.2, 0) is 9.53 Å². The molecule has 1 heterocycles. The van der Waals surface area contributed by atoms with E-state index < -0.39 is 6.09 Å². The number of ether oxygens (including phenoxy) is 1. The number of nitrogens with one attached hydrogen (secondary N) is 1. The normalized spacial score (nSPS) is 22.0. The smallest absolute Gasteiger partial charge is 0.404 e. The fourth-order valence-electron chi connectivity index (χ4n) is 2.10. The first-order valence-electron chi connectivity index (χ1n) is 5.81. The van der Waals surface area contributed by atoms with Crippen molar-refractivity contribution in [2.45, 2.75) is 25.8 Å². The van der Waals surface area contributed by atoms with Crippen LogP contribution >= 0.6 is 0 Å². The molecule has 6 nitrogen and oxygen atoms in total. The van der Waals surface area contributed by atoms with E-state index in [0.717, 1.165) is 12.8 Å². The minimum absolute atomic E-state index is 0.0312. The minimum atomic E-state index is -1.03.